The van der Waals surface area contributed by atoms with Gasteiger partial charge in [0, 0.05) is 18.1 Å². The van der Waals surface area contributed by atoms with Gasteiger partial charge in [0.1, 0.15) is 0 Å². The molecule has 1 aromatic heterocycles. The van der Waals surface area contributed by atoms with Crippen molar-refractivity contribution >= 4 is 15.7 Å². The Morgan fingerprint density at radius 3 is 2.44 bits per heavy atom. The standard InChI is InChI=1S/C10H10N4O2S.Ag/c11-8-2-4-9(5-3-8)17(15,16)14-10-12-6-1-7-13-10;/h1-7H,11H2,(H,12,13,14);/q;+1. The summed E-state index contributed by atoms with van der Waals surface area (Å²) in [5.74, 6) is 0. The Labute approximate surface area is 120 Å². The number of nitrogens with two attached hydrogens (primary N) is 1. The first-order chi connectivity index (χ1) is 8.08. The van der Waals surface area contributed by atoms with Crippen LogP contribution in [0.15, 0.2) is 52.0 Å². The van der Waals surface area contributed by atoms with Crippen LogP contribution in [0.4, 0.5) is 5.69 Å². The molecule has 1 heterocycles. The number of nitrogens with one attached hydrogen (secondary N) is 1. The zero-order valence-electron chi connectivity index (χ0n) is 9.04. The van der Waals surface area contributed by atoms with Crippen molar-refractivity contribution in [2.75, 3.05) is 5.73 Å². The second-order valence-electron chi connectivity index (χ2n) is 3.24. The summed E-state index contributed by atoms with van der Waals surface area (Å²) in [6.45, 7) is 0. The van der Waals surface area contributed by atoms with Crippen LogP contribution in [-0.4, -0.2) is 18.4 Å². The molecule has 0 amide bonds. The minimum absolute atomic E-state index is 0. The second kappa shape index (κ2) is 5.96. The molecule has 0 fully saturated rings. The molecule has 0 atom stereocenters. The van der Waals surface area contributed by atoms with Crippen LogP contribution < -0.4 is 11.4 Å². The zero-order chi connectivity index (χ0) is 12.3. The summed E-state index contributed by atoms with van der Waals surface area (Å²) in [5, 5.41) is 0. The van der Waals surface area contributed by atoms with Gasteiger partial charge < -0.3 is 10.7 Å². The molecule has 2 rings (SSSR count). The van der Waals surface area contributed by atoms with E-state index in [1.165, 1.54) is 30.5 Å². The Balaban J connectivity index is 0.00000162. The average molecular weight is 358 g/mol. The number of aromatic nitrogens is 2. The summed E-state index contributed by atoms with van der Waals surface area (Å²) in [5.41, 5.74) is 6.00. The molecular weight excluding hydrogens is 348 g/mol. The zero-order valence-corrected chi connectivity index (χ0v) is 11.3. The first kappa shape index (κ1) is 14.7. The van der Waals surface area contributed by atoms with Gasteiger partial charge in [-0.25, -0.2) is 4.98 Å². The van der Waals surface area contributed by atoms with E-state index in [2.05, 4.69) is 14.4 Å². The molecule has 0 aliphatic rings. The van der Waals surface area contributed by atoms with E-state index in [4.69, 9.17) is 5.73 Å². The van der Waals surface area contributed by atoms with E-state index in [0.717, 1.165) is 0 Å². The van der Waals surface area contributed by atoms with Gasteiger partial charge in [-0.15, -0.1) is 4.40 Å². The number of nitrogens with zero attached hydrogens (tertiary/aromatic N) is 2. The van der Waals surface area contributed by atoms with Crippen LogP contribution in [-0.2, 0) is 32.4 Å². The van der Waals surface area contributed by atoms with Crippen LogP contribution >= 0.6 is 0 Å². The minimum Gasteiger partial charge on any atom is -0.399 e. The Hall–Kier alpha value is -1.41. The van der Waals surface area contributed by atoms with E-state index in [9.17, 15) is 8.42 Å². The number of hydrogen-bond acceptors (Lipinski definition) is 4. The number of H-pyrrole nitrogens is 1. The van der Waals surface area contributed by atoms with Crippen LogP contribution in [0.1, 0.15) is 0 Å². The summed E-state index contributed by atoms with van der Waals surface area (Å²) in [7, 11) is -3.75. The number of anilines is 1. The molecule has 18 heavy (non-hydrogen) atoms. The molecule has 0 aliphatic carbocycles. The molecule has 0 saturated heterocycles. The van der Waals surface area contributed by atoms with Crippen LogP contribution in [0.2, 0.25) is 0 Å². The molecule has 0 unspecified atom stereocenters. The maximum atomic E-state index is 11.8. The molecule has 3 N–H and O–H groups in total. The quantitative estimate of drug-likeness (QED) is 0.595. The normalized spacial score (nSPS) is 11.9. The smallest absolute Gasteiger partial charge is 0.399 e. The van der Waals surface area contributed by atoms with Gasteiger partial charge in [-0.1, -0.05) is 0 Å². The van der Waals surface area contributed by atoms with Crippen molar-refractivity contribution in [2.45, 2.75) is 4.90 Å². The van der Waals surface area contributed by atoms with E-state index in [1.807, 2.05) is 0 Å². The van der Waals surface area contributed by atoms with Crippen LogP contribution in [0, 0.1) is 0 Å². The number of nitrogen functional groups attached to an aromatic ring is 1. The van der Waals surface area contributed by atoms with Gasteiger partial charge in [-0.3, -0.25) is 0 Å². The third kappa shape index (κ3) is 3.54. The Bertz CT molecular complexity index is 662. The fourth-order valence-corrected chi connectivity index (χ4v) is 2.09. The Morgan fingerprint density at radius 1 is 1.22 bits per heavy atom. The molecule has 0 aliphatic heterocycles. The van der Waals surface area contributed by atoms with Gasteiger partial charge in [0.05, 0.1) is 4.90 Å². The predicted octanol–water partition coefficient (Wildman–Crippen LogP) is 0.279. The summed E-state index contributed by atoms with van der Waals surface area (Å²) in [4.78, 5) is 6.48. The predicted molar refractivity (Wildman–Crippen MR) is 62.2 cm³/mol. The topological polar surface area (TPSA) is 101 Å². The number of benzene rings is 1. The van der Waals surface area contributed by atoms with Crippen molar-refractivity contribution in [1.29, 1.82) is 0 Å². The van der Waals surface area contributed by atoms with Crippen molar-refractivity contribution in [3.05, 3.63) is 48.3 Å². The van der Waals surface area contributed by atoms with Gasteiger partial charge >= 0.3 is 22.4 Å². The number of aromatic amines is 1. The van der Waals surface area contributed by atoms with E-state index in [1.54, 1.807) is 12.3 Å². The fourth-order valence-electron chi connectivity index (χ4n) is 1.17. The van der Waals surface area contributed by atoms with Crippen molar-refractivity contribution in [3.63, 3.8) is 0 Å². The van der Waals surface area contributed by atoms with E-state index < -0.39 is 10.0 Å². The molecular formula is C10H10AgN4O2S+. The average Bonchev–Trinajstić information content (AvgIpc) is 2.30. The summed E-state index contributed by atoms with van der Waals surface area (Å²) in [6.07, 6.45) is 3.00. The van der Waals surface area contributed by atoms with E-state index in [-0.39, 0.29) is 32.9 Å². The third-order valence-electron chi connectivity index (χ3n) is 1.98. The summed E-state index contributed by atoms with van der Waals surface area (Å²) in [6, 6.07) is 7.44. The van der Waals surface area contributed by atoms with Gasteiger partial charge in [-0.05, 0) is 30.3 Å². The number of rotatable bonds is 2. The van der Waals surface area contributed by atoms with Crippen LogP contribution in [0.25, 0.3) is 0 Å². The summed E-state index contributed by atoms with van der Waals surface area (Å²) < 4.78 is 27.2. The Morgan fingerprint density at radius 2 is 1.89 bits per heavy atom. The van der Waals surface area contributed by atoms with E-state index in [0.29, 0.717) is 5.69 Å². The molecule has 98 valence electrons. The maximum absolute atomic E-state index is 11.8. The molecule has 2 aromatic rings. The molecule has 8 heteroatoms. The second-order valence-corrected chi connectivity index (χ2v) is 4.84. The third-order valence-corrected chi connectivity index (χ3v) is 3.26. The molecule has 0 spiro atoms. The monoisotopic (exact) mass is 357 g/mol. The molecule has 1 aromatic carbocycles. The van der Waals surface area contributed by atoms with Crippen molar-refractivity contribution in [1.82, 2.24) is 9.97 Å². The van der Waals surface area contributed by atoms with Crippen LogP contribution in [0.3, 0.4) is 0 Å². The minimum atomic E-state index is -3.75. The first-order valence-electron chi connectivity index (χ1n) is 4.74. The van der Waals surface area contributed by atoms with Gasteiger partial charge in [-0.2, -0.15) is 8.42 Å². The van der Waals surface area contributed by atoms with E-state index >= 15 is 0 Å². The maximum Gasteiger partial charge on any atom is 1.00 e. The molecule has 6 nitrogen and oxygen atoms in total. The van der Waals surface area contributed by atoms with Crippen molar-refractivity contribution in [3.8, 4) is 0 Å². The van der Waals surface area contributed by atoms with Crippen LogP contribution in [0.5, 0.6) is 0 Å². The van der Waals surface area contributed by atoms with Gasteiger partial charge in [0.15, 0.2) is 0 Å². The SMILES string of the molecule is Nc1ccc(S(=O)(=O)/N=c2\nccc[nH]2)cc1.[Ag+]. The number of hydrogen-bond donors (Lipinski definition) is 2. The van der Waals surface area contributed by atoms with Crippen molar-refractivity contribution < 1.29 is 30.8 Å². The molecule has 0 radical (unpaired) electrons. The Kier molecular flexibility index (Phi) is 4.85. The summed E-state index contributed by atoms with van der Waals surface area (Å²) >= 11 is 0. The van der Waals surface area contributed by atoms with Gasteiger partial charge in [0.2, 0.25) is 5.62 Å². The fraction of sp³-hybridized carbons (Fsp3) is 0. The number of sulfonamides is 1. The van der Waals surface area contributed by atoms with Crippen molar-refractivity contribution in [2.24, 2.45) is 4.40 Å². The molecule has 0 bridgehead atoms. The molecule has 0 saturated carbocycles. The first-order valence-corrected chi connectivity index (χ1v) is 6.18. The van der Waals surface area contributed by atoms with Gasteiger partial charge in [0.25, 0.3) is 10.0 Å². The largest absolute Gasteiger partial charge is 1.00 e.